The van der Waals surface area contributed by atoms with Crippen molar-refractivity contribution >= 4 is 17.1 Å². The number of imidazole rings is 1. The first-order valence-corrected chi connectivity index (χ1v) is 9.14. The summed E-state index contributed by atoms with van der Waals surface area (Å²) in [5.41, 5.74) is 1.54. The summed E-state index contributed by atoms with van der Waals surface area (Å²) in [6.45, 7) is 6.41. The molecule has 1 fully saturated rings. The topological polar surface area (TPSA) is 90.1 Å². The third-order valence-electron chi connectivity index (χ3n) is 4.72. The highest BCUT2D eigenvalue weighted by Gasteiger charge is 2.22. The van der Waals surface area contributed by atoms with Gasteiger partial charge in [0.2, 0.25) is 5.95 Å². The fraction of sp³-hybridized carbons (Fsp3) is 0.444. The van der Waals surface area contributed by atoms with Gasteiger partial charge in [0, 0.05) is 46.0 Å². The number of piperazine rings is 1. The van der Waals surface area contributed by atoms with Gasteiger partial charge < -0.3 is 19.5 Å². The van der Waals surface area contributed by atoms with Crippen molar-refractivity contribution in [2.45, 2.75) is 20.1 Å². The zero-order chi connectivity index (χ0) is 18.8. The number of nitrogens with one attached hydrogen (secondary N) is 1. The molecule has 0 amide bonds. The molecule has 1 aliphatic heterocycles. The lowest BCUT2D eigenvalue weighted by molar-refractivity contribution is 0.263. The van der Waals surface area contributed by atoms with Crippen molar-refractivity contribution < 1.29 is 4.74 Å². The number of rotatable bonds is 5. The van der Waals surface area contributed by atoms with E-state index in [9.17, 15) is 4.79 Å². The average Bonchev–Trinajstić information content (AvgIpc) is 3.09. The smallest absolute Gasteiger partial charge is 0.301 e. The molecule has 142 valence electrons. The quantitative estimate of drug-likeness (QED) is 0.702. The normalized spacial score (nSPS) is 14.7. The number of nitrogens with zero attached hydrogens (tertiary/aromatic N) is 6. The van der Waals surface area contributed by atoms with Gasteiger partial charge in [0.05, 0.1) is 5.69 Å². The number of anilines is 1. The average molecular weight is 369 g/mol. The summed E-state index contributed by atoms with van der Waals surface area (Å²) in [4.78, 5) is 28.6. The Balaban J connectivity index is 1.72. The molecule has 1 saturated heterocycles. The van der Waals surface area contributed by atoms with E-state index in [-0.39, 0.29) is 18.2 Å². The molecule has 3 aromatic rings. The van der Waals surface area contributed by atoms with Gasteiger partial charge in [0.15, 0.2) is 11.2 Å². The summed E-state index contributed by atoms with van der Waals surface area (Å²) in [7, 11) is 1.67. The SMILES string of the molecule is CCn1c(N2CCNCC2)nc2nc(OCc3ccccn3)n(C)c(=O)c21. The standard InChI is InChI=1S/C18H23N7O2/c1-3-25-14-15(21-17(25)24-10-8-19-9-11-24)22-18(23(2)16(14)26)27-12-13-6-4-5-7-20-13/h4-7,19H,3,8-12H2,1-2H3. The van der Waals surface area contributed by atoms with Gasteiger partial charge in [0.1, 0.15) is 6.61 Å². The van der Waals surface area contributed by atoms with Crippen molar-refractivity contribution in [1.29, 1.82) is 0 Å². The van der Waals surface area contributed by atoms with Crippen LogP contribution in [0, 0.1) is 0 Å². The molecule has 3 aromatic heterocycles. The predicted molar refractivity (Wildman–Crippen MR) is 102 cm³/mol. The number of ether oxygens (including phenoxy) is 1. The zero-order valence-corrected chi connectivity index (χ0v) is 15.6. The van der Waals surface area contributed by atoms with Gasteiger partial charge in [-0.2, -0.15) is 9.97 Å². The molecule has 0 aliphatic carbocycles. The van der Waals surface area contributed by atoms with Crippen LogP contribution in [0.2, 0.25) is 0 Å². The highest BCUT2D eigenvalue weighted by Crippen LogP contribution is 2.21. The van der Waals surface area contributed by atoms with Crippen LogP contribution in [0.3, 0.4) is 0 Å². The molecular weight excluding hydrogens is 346 g/mol. The second kappa shape index (κ2) is 7.36. The molecule has 1 N–H and O–H groups in total. The summed E-state index contributed by atoms with van der Waals surface area (Å²) in [5, 5.41) is 3.33. The Morgan fingerprint density at radius 1 is 1.22 bits per heavy atom. The zero-order valence-electron chi connectivity index (χ0n) is 15.6. The first-order valence-electron chi connectivity index (χ1n) is 9.14. The molecule has 4 rings (SSSR count). The van der Waals surface area contributed by atoms with Crippen molar-refractivity contribution in [3.05, 3.63) is 40.4 Å². The number of aryl methyl sites for hydroxylation is 1. The van der Waals surface area contributed by atoms with E-state index in [1.807, 2.05) is 29.7 Å². The Labute approximate surface area is 156 Å². The fourth-order valence-corrected chi connectivity index (χ4v) is 3.29. The third-order valence-corrected chi connectivity index (χ3v) is 4.72. The maximum atomic E-state index is 13.0. The Bertz CT molecular complexity index is 990. The lowest BCUT2D eigenvalue weighted by Gasteiger charge is -2.28. The highest BCUT2D eigenvalue weighted by atomic mass is 16.5. The minimum Gasteiger partial charge on any atom is -0.458 e. The second-order valence-corrected chi connectivity index (χ2v) is 6.43. The highest BCUT2D eigenvalue weighted by molar-refractivity contribution is 5.74. The van der Waals surface area contributed by atoms with Crippen LogP contribution in [0.5, 0.6) is 6.01 Å². The van der Waals surface area contributed by atoms with Crippen molar-refractivity contribution in [3.8, 4) is 6.01 Å². The summed E-state index contributed by atoms with van der Waals surface area (Å²) in [6, 6.07) is 5.85. The van der Waals surface area contributed by atoms with Crippen LogP contribution >= 0.6 is 0 Å². The van der Waals surface area contributed by atoms with Gasteiger partial charge in [-0.15, -0.1) is 0 Å². The molecule has 27 heavy (non-hydrogen) atoms. The fourth-order valence-electron chi connectivity index (χ4n) is 3.29. The number of hydrogen-bond donors (Lipinski definition) is 1. The molecule has 0 unspecified atom stereocenters. The van der Waals surface area contributed by atoms with E-state index < -0.39 is 0 Å². The van der Waals surface area contributed by atoms with Crippen molar-refractivity contribution in [1.82, 2.24) is 29.4 Å². The molecule has 0 aromatic carbocycles. The van der Waals surface area contributed by atoms with E-state index in [1.54, 1.807) is 13.2 Å². The lowest BCUT2D eigenvalue weighted by atomic mass is 10.4. The van der Waals surface area contributed by atoms with E-state index in [0.717, 1.165) is 37.8 Å². The lowest BCUT2D eigenvalue weighted by Crippen LogP contribution is -2.44. The van der Waals surface area contributed by atoms with Gasteiger partial charge in [-0.05, 0) is 19.1 Å². The molecular formula is C18H23N7O2. The largest absolute Gasteiger partial charge is 0.458 e. The molecule has 9 nitrogen and oxygen atoms in total. The maximum absolute atomic E-state index is 13.0. The van der Waals surface area contributed by atoms with Crippen molar-refractivity contribution in [3.63, 3.8) is 0 Å². The summed E-state index contributed by atoms with van der Waals surface area (Å²) in [6.07, 6.45) is 1.71. The number of pyridine rings is 1. The molecule has 0 radical (unpaired) electrons. The van der Waals surface area contributed by atoms with E-state index in [1.165, 1.54) is 4.57 Å². The van der Waals surface area contributed by atoms with Crippen molar-refractivity contribution in [2.75, 3.05) is 31.1 Å². The van der Waals surface area contributed by atoms with Gasteiger partial charge in [0.25, 0.3) is 5.56 Å². The van der Waals surface area contributed by atoms with Gasteiger partial charge in [-0.3, -0.25) is 14.3 Å². The number of fused-ring (bicyclic) bond motifs is 1. The van der Waals surface area contributed by atoms with Crippen LogP contribution in [0.15, 0.2) is 29.2 Å². The molecule has 9 heteroatoms. The summed E-state index contributed by atoms with van der Waals surface area (Å²) in [5.74, 6) is 0.792. The Kier molecular flexibility index (Phi) is 4.76. The molecule has 0 atom stereocenters. The molecule has 0 spiro atoms. The van der Waals surface area contributed by atoms with Crippen LogP contribution in [0.25, 0.3) is 11.2 Å². The van der Waals surface area contributed by atoms with Crippen LogP contribution in [0.4, 0.5) is 5.95 Å². The van der Waals surface area contributed by atoms with Gasteiger partial charge in [-0.1, -0.05) is 6.07 Å². The molecule has 1 aliphatic rings. The van der Waals surface area contributed by atoms with Crippen LogP contribution < -0.4 is 20.5 Å². The van der Waals surface area contributed by atoms with Crippen LogP contribution in [0.1, 0.15) is 12.6 Å². The minimum absolute atomic E-state index is 0.160. The van der Waals surface area contributed by atoms with Crippen LogP contribution in [-0.2, 0) is 20.2 Å². The third kappa shape index (κ3) is 3.25. The summed E-state index contributed by atoms with van der Waals surface area (Å²) >= 11 is 0. The van der Waals surface area contributed by atoms with E-state index in [2.05, 4.69) is 25.2 Å². The molecule has 4 heterocycles. The van der Waals surface area contributed by atoms with Crippen molar-refractivity contribution in [2.24, 2.45) is 7.05 Å². The molecule has 0 bridgehead atoms. The Morgan fingerprint density at radius 2 is 2.04 bits per heavy atom. The summed E-state index contributed by atoms with van der Waals surface area (Å²) < 4.78 is 9.13. The Morgan fingerprint density at radius 3 is 2.74 bits per heavy atom. The number of hydrogen-bond acceptors (Lipinski definition) is 7. The van der Waals surface area contributed by atoms with Crippen LogP contribution in [-0.4, -0.2) is 50.3 Å². The maximum Gasteiger partial charge on any atom is 0.301 e. The number of aromatic nitrogens is 5. The van der Waals surface area contributed by atoms with E-state index in [0.29, 0.717) is 17.7 Å². The first-order chi connectivity index (χ1) is 13.2. The predicted octanol–water partition coefficient (Wildman–Crippen LogP) is 0.533. The van der Waals surface area contributed by atoms with E-state index in [4.69, 9.17) is 4.74 Å². The van der Waals surface area contributed by atoms with E-state index >= 15 is 0 Å². The minimum atomic E-state index is -0.160. The molecule has 0 saturated carbocycles. The Hall–Kier alpha value is -2.94. The second-order valence-electron chi connectivity index (χ2n) is 6.43. The van der Waals surface area contributed by atoms with Gasteiger partial charge >= 0.3 is 6.01 Å². The monoisotopic (exact) mass is 369 g/mol. The van der Waals surface area contributed by atoms with Gasteiger partial charge in [-0.25, -0.2) is 0 Å². The first kappa shape index (κ1) is 17.5.